The van der Waals surface area contributed by atoms with Crippen LogP contribution in [-0.2, 0) is 9.09 Å². The summed E-state index contributed by atoms with van der Waals surface area (Å²) in [7, 11) is -5.12. The van der Waals surface area contributed by atoms with Crippen molar-refractivity contribution in [3.63, 3.8) is 0 Å². The fraction of sp³-hybridized carbons (Fsp3) is 0.538. The van der Waals surface area contributed by atoms with E-state index in [4.69, 9.17) is 0 Å². The van der Waals surface area contributed by atoms with E-state index < -0.39 is 38.6 Å². The molecule has 0 aliphatic heterocycles. The van der Waals surface area contributed by atoms with Crippen LogP contribution in [0.25, 0.3) is 0 Å². The molecule has 0 spiro atoms. The van der Waals surface area contributed by atoms with Crippen LogP contribution < -0.4 is 14.4 Å². The molecule has 9 heteroatoms. The minimum absolute atomic E-state index is 0.138. The number of phosphoric acid groups is 1. The number of hydrogen-bond donors (Lipinski definition) is 2. The highest BCUT2D eigenvalue weighted by Gasteiger charge is 2.46. The predicted octanol–water partition coefficient (Wildman–Crippen LogP) is -1.70. The Hall–Kier alpha value is -1.15. The van der Waals surface area contributed by atoms with Gasteiger partial charge in [0.1, 0.15) is 6.10 Å². The van der Waals surface area contributed by atoms with Crippen molar-refractivity contribution < 1.29 is 38.5 Å². The first-order valence-corrected chi connectivity index (χ1v) is 8.19. The first-order valence-electron chi connectivity index (χ1n) is 6.73. The van der Waals surface area contributed by atoms with Crippen molar-refractivity contribution in [2.24, 2.45) is 5.92 Å². The van der Waals surface area contributed by atoms with Crippen molar-refractivity contribution in [2.45, 2.75) is 31.6 Å². The molecule has 1 fully saturated rings. The maximum Gasteiger partial charge on any atom is 0.186 e. The van der Waals surface area contributed by atoms with Crippen LogP contribution in [0.1, 0.15) is 29.7 Å². The summed E-state index contributed by atoms with van der Waals surface area (Å²) >= 11 is 0. The van der Waals surface area contributed by atoms with Crippen LogP contribution in [-0.4, -0.2) is 34.8 Å². The molecule has 0 radical (unpaired) electrons. The summed E-state index contributed by atoms with van der Waals surface area (Å²) in [5, 5.41) is 20.1. The Morgan fingerprint density at radius 2 is 2.14 bits per heavy atom. The number of carbonyl (C=O) groups excluding carboxylic acids is 1. The molecule has 1 saturated carbocycles. The largest absolute Gasteiger partial charge is 0.790 e. The number of pyridine rings is 1. The fourth-order valence-corrected chi connectivity index (χ4v) is 3.03. The Labute approximate surface area is 127 Å². The van der Waals surface area contributed by atoms with E-state index in [0.717, 1.165) is 0 Å². The summed E-state index contributed by atoms with van der Waals surface area (Å²) in [4.78, 5) is 32.4. The first kappa shape index (κ1) is 17.2. The third kappa shape index (κ3) is 3.98. The van der Waals surface area contributed by atoms with E-state index >= 15 is 0 Å². The molecule has 22 heavy (non-hydrogen) atoms. The molecule has 1 aromatic heterocycles. The normalized spacial score (nSPS) is 28.8. The van der Waals surface area contributed by atoms with Gasteiger partial charge in [0.15, 0.2) is 24.2 Å². The molecular formula is C13H17NO7P-. The van der Waals surface area contributed by atoms with Gasteiger partial charge in [-0.25, -0.2) is 0 Å². The SMILES string of the molecule is CC(=O)c1ccc[n+](C2C[C@H](COP(=O)([O-])[O-])[C@@H](O)[C@H]2O)c1. The Bertz CT molecular complexity index is 602. The van der Waals surface area contributed by atoms with Crippen LogP contribution in [0, 0.1) is 5.92 Å². The molecule has 122 valence electrons. The lowest BCUT2D eigenvalue weighted by molar-refractivity contribution is -0.728. The van der Waals surface area contributed by atoms with Gasteiger partial charge in [-0.15, -0.1) is 0 Å². The molecular weight excluding hydrogens is 313 g/mol. The zero-order valence-corrected chi connectivity index (χ0v) is 12.8. The molecule has 1 aliphatic rings. The van der Waals surface area contributed by atoms with Crippen molar-refractivity contribution in [3.8, 4) is 0 Å². The summed E-state index contributed by atoms with van der Waals surface area (Å²) in [5.74, 6) is -0.828. The molecule has 0 bridgehead atoms. The van der Waals surface area contributed by atoms with E-state index in [2.05, 4.69) is 4.52 Å². The molecule has 1 unspecified atom stereocenters. The Morgan fingerprint density at radius 1 is 1.45 bits per heavy atom. The van der Waals surface area contributed by atoms with Gasteiger partial charge in [-0.1, -0.05) is 0 Å². The van der Waals surface area contributed by atoms with Crippen LogP contribution in [0.5, 0.6) is 0 Å². The molecule has 0 amide bonds. The van der Waals surface area contributed by atoms with E-state index in [0.29, 0.717) is 5.56 Å². The maximum atomic E-state index is 11.4. The van der Waals surface area contributed by atoms with Crippen molar-refractivity contribution in [1.82, 2.24) is 0 Å². The van der Waals surface area contributed by atoms with Gasteiger partial charge >= 0.3 is 0 Å². The van der Waals surface area contributed by atoms with Gasteiger partial charge in [0.05, 0.1) is 26.1 Å². The number of carbonyl (C=O) groups is 1. The molecule has 1 heterocycles. The average Bonchev–Trinajstić information content (AvgIpc) is 2.72. The van der Waals surface area contributed by atoms with Crippen LogP contribution in [0.15, 0.2) is 24.5 Å². The number of rotatable bonds is 5. The number of hydrogen-bond acceptors (Lipinski definition) is 7. The van der Waals surface area contributed by atoms with Gasteiger partial charge < -0.3 is 29.1 Å². The lowest BCUT2D eigenvalue weighted by Gasteiger charge is -2.30. The third-order valence-electron chi connectivity index (χ3n) is 3.83. The molecule has 8 nitrogen and oxygen atoms in total. The van der Waals surface area contributed by atoms with Crippen molar-refractivity contribution in [2.75, 3.05) is 6.61 Å². The number of aliphatic hydroxyl groups excluding tert-OH is 2. The topological polar surface area (TPSA) is 134 Å². The standard InChI is InChI=1S/C13H18NO7P/c1-8(15)9-3-2-4-14(6-9)11-5-10(12(16)13(11)17)7-21-22(18,19)20/h2-4,6,10-13,16-17H,5,7H2,1H3,(H-,18,19,20)/p-1/t10-,11?,12-,13+/m1/s1. The van der Waals surface area contributed by atoms with Gasteiger partial charge in [0, 0.05) is 18.4 Å². The number of aliphatic hydroxyl groups is 2. The van der Waals surface area contributed by atoms with Crippen LogP contribution in [0.4, 0.5) is 0 Å². The molecule has 0 saturated heterocycles. The fourth-order valence-electron chi connectivity index (χ4n) is 2.65. The number of phosphoric ester groups is 1. The highest BCUT2D eigenvalue weighted by atomic mass is 31.2. The van der Waals surface area contributed by atoms with E-state index in [-0.39, 0.29) is 12.2 Å². The quantitative estimate of drug-likeness (QED) is 0.373. The van der Waals surface area contributed by atoms with E-state index in [1.807, 2.05) is 0 Å². The Morgan fingerprint density at radius 3 is 2.73 bits per heavy atom. The van der Waals surface area contributed by atoms with Crippen molar-refractivity contribution >= 4 is 13.6 Å². The van der Waals surface area contributed by atoms with Gasteiger partial charge in [0.2, 0.25) is 0 Å². The van der Waals surface area contributed by atoms with Crippen LogP contribution >= 0.6 is 7.82 Å². The van der Waals surface area contributed by atoms with Gasteiger partial charge in [0.25, 0.3) is 0 Å². The molecule has 4 atom stereocenters. The summed E-state index contributed by atoms with van der Waals surface area (Å²) < 4.78 is 16.3. The highest BCUT2D eigenvalue weighted by molar-refractivity contribution is 7.43. The van der Waals surface area contributed by atoms with E-state index in [9.17, 15) is 29.4 Å². The maximum absolute atomic E-state index is 11.4. The average molecular weight is 330 g/mol. The number of ketones is 1. The van der Waals surface area contributed by atoms with Crippen molar-refractivity contribution in [3.05, 3.63) is 30.1 Å². The number of Topliss-reactive ketones (excluding diaryl/α,β-unsaturated/α-hetero) is 1. The zero-order chi connectivity index (χ0) is 16.5. The van der Waals surface area contributed by atoms with Crippen LogP contribution in [0.3, 0.4) is 0 Å². The molecule has 1 aliphatic carbocycles. The smallest absolute Gasteiger partial charge is 0.186 e. The number of aromatic nitrogens is 1. The Kier molecular flexibility index (Phi) is 5.11. The molecule has 1 aromatic rings. The third-order valence-corrected chi connectivity index (χ3v) is 4.30. The lowest BCUT2D eigenvalue weighted by Crippen LogP contribution is -2.45. The van der Waals surface area contributed by atoms with Crippen molar-refractivity contribution in [1.29, 1.82) is 0 Å². The van der Waals surface area contributed by atoms with Crippen LogP contribution in [0.2, 0.25) is 0 Å². The first-order chi connectivity index (χ1) is 10.2. The molecule has 0 aromatic carbocycles. The minimum Gasteiger partial charge on any atom is -0.790 e. The van der Waals surface area contributed by atoms with Gasteiger partial charge in [-0.05, 0) is 13.0 Å². The van der Waals surface area contributed by atoms with Gasteiger partial charge in [-0.3, -0.25) is 4.79 Å². The second-order valence-electron chi connectivity index (χ2n) is 5.38. The second kappa shape index (κ2) is 6.54. The minimum atomic E-state index is -5.12. The lowest BCUT2D eigenvalue weighted by atomic mass is 10.1. The van der Waals surface area contributed by atoms with Gasteiger partial charge in [-0.2, -0.15) is 4.57 Å². The summed E-state index contributed by atoms with van der Waals surface area (Å²) in [6, 6.07) is 2.73. The molecule has 2 rings (SSSR count). The summed E-state index contributed by atoms with van der Waals surface area (Å²) in [6.07, 6.45) is 1.04. The zero-order valence-electron chi connectivity index (χ0n) is 11.9. The second-order valence-corrected chi connectivity index (χ2v) is 6.54. The monoisotopic (exact) mass is 330 g/mol. The number of nitrogens with zero attached hydrogens (tertiary/aromatic N) is 1. The predicted molar refractivity (Wildman–Crippen MR) is 69.4 cm³/mol. The van der Waals surface area contributed by atoms with E-state index in [1.165, 1.54) is 6.92 Å². The summed E-state index contributed by atoms with van der Waals surface area (Å²) in [5.41, 5.74) is 0.451. The molecule has 2 N–H and O–H groups in total. The summed E-state index contributed by atoms with van der Waals surface area (Å²) in [6.45, 7) is 0.933. The van der Waals surface area contributed by atoms with E-state index in [1.54, 1.807) is 29.1 Å². The Balaban J connectivity index is 2.14. The highest BCUT2D eigenvalue weighted by Crippen LogP contribution is 2.35.